The van der Waals surface area contributed by atoms with Crippen LogP contribution in [0.25, 0.3) is 0 Å². The minimum atomic E-state index is -0.300. The number of hydrogen-bond acceptors (Lipinski definition) is 4. The lowest BCUT2D eigenvalue weighted by molar-refractivity contribution is 0.0946. The van der Waals surface area contributed by atoms with E-state index in [0.29, 0.717) is 19.6 Å². The number of unbranched alkanes of at least 4 members (excludes halogenated alkanes) is 1. The summed E-state index contributed by atoms with van der Waals surface area (Å²) in [6.45, 7) is 7.01. The first-order chi connectivity index (χ1) is 11.3. The van der Waals surface area contributed by atoms with Crippen molar-refractivity contribution in [3.63, 3.8) is 0 Å². The summed E-state index contributed by atoms with van der Waals surface area (Å²) in [5.74, 6) is -0.179. The van der Waals surface area contributed by atoms with Crippen LogP contribution in [0.15, 0.2) is 17.1 Å². The maximum Gasteiger partial charge on any atom is 0.293 e. The highest BCUT2D eigenvalue weighted by molar-refractivity contribution is 5.96. The van der Waals surface area contributed by atoms with E-state index < -0.39 is 0 Å². The molecule has 1 atom stereocenters. The molecule has 1 rings (SSSR count). The molecule has 6 heteroatoms. The number of hydrogen-bond donors (Lipinski definition) is 2. The molecule has 0 radical (unpaired) electrons. The van der Waals surface area contributed by atoms with Crippen LogP contribution in [-0.4, -0.2) is 29.2 Å². The van der Waals surface area contributed by atoms with Crippen LogP contribution in [-0.2, 0) is 7.05 Å². The number of nitrogens with zero attached hydrogens (tertiary/aromatic N) is 1. The number of aromatic nitrogens is 1. The number of aryl methyl sites for hydroxylation is 1. The zero-order chi connectivity index (χ0) is 18.2. The Labute approximate surface area is 144 Å². The Morgan fingerprint density at radius 3 is 2.67 bits per heavy atom. The van der Waals surface area contributed by atoms with Crippen molar-refractivity contribution in [1.29, 1.82) is 0 Å². The van der Waals surface area contributed by atoms with Crippen molar-refractivity contribution < 1.29 is 9.53 Å². The third-order valence-electron chi connectivity index (χ3n) is 4.02. The summed E-state index contributed by atoms with van der Waals surface area (Å²) in [5, 5.41) is 2.84. The molecule has 1 aromatic heterocycles. The van der Waals surface area contributed by atoms with Gasteiger partial charge in [-0.25, -0.2) is 0 Å². The van der Waals surface area contributed by atoms with E-state index in [-0.39, 0.29) is 28.3 Å². The van der Waals surface area contributed by atoms with Gasteiger partial charge in [0.05, 0.1) is 12.2 Å². The number of amides is 1. The zero-order valence-corrected chi connectivity index (χ0v) is 15.4. The molecule has 1 unspecified atom stereocenters. The van der Waals surface area contributed by atoms with Crippen LogP contribution in [0.4, 0.5) is 0 Å². The molecule has 0 bridgehead atoms. The highest BCUT2D eigenvalue weighted by Gasteiger charge is 2.20. The molecule has 0 saturated carbocycles. The van der Waals surface area contributed by atoms with E-state index in [1.165, 1.54) is 4.57 Å². The number of ether oxygens (including phenoxy) is 1. The lowest BCUT2D eigenvalue weighted by Crippen LogP contribution is -2.40. The van der Waals surface area contributed by atoms with Crippen molar-refractivity contribution in [3.05, 3.63) is 28.2 Å². The van der Waals surface area contributed by atoms with E-state index in [9.17, 15) is 9.59 Å². The first-order valence-electron chi connectivity index (χ1n) is 8.72. The number of rotatable bonds is 10. The van der Waals surface area contributed by atoms with Gasteiger partial charge in [-0.3, -0.25) is 9.59 Å². The van der Waals surface area contributed by atoms with E-state index in [1.54, 1.807) is 19.3 Å². The number of nitrogens with two attached hydrogens (primary N) is 1. The second kappa shape index (κ2) is 9.47. The maximum atomic E-state index is 12.4. The molecule has 24 heavy (non-hydrogen) atoms. The predicted octanol–water partition coefficient (Wildman–Crippen LogP) is 2.20. The van der Waals surface area contributed by atoms with Gasteiger partial charge in [0.25, 0.3) is 11.5 Å². The average molecular weight is 337 g/mol. The Balaban J connectivity index is 2.79. The van der Waals surface area contributed by atoms with Crippen molar-refractivity contribution in [3.8, 4) is 5.75 Å². The highest BCUT2D eigenvalue weighted by atomic mass is 16.5. The van der Waals surface area contributed by atoms with Crippen molar-refractivity contribution in [1.82, 2.24) is 9.88 Å². The van der Waals surface area contributed by atoms with Gasteiger partial charge in [0.15, 0.2) is 5.75 Å². The fraction of sp³-hybridized carbons (Fsp3) is 0.667. The molecule has 0 aliphatic heterocycles. The number of nitrogens with one attached hydrogen (secondary N) is 1. The van der Waals surface area contributed by atoms with Crippen LogP contribution >= 0.6 is 0 Å². The van der Waals surface area contributed by atoms with Crippen LogP contribution in [0.3, 0.4) is 0 Å². The van der Waals surface area contributed by atoms with Gasteiger partial charge in [0, 0.05) is 25.3 Å². The van der Waals surface area contributed by atoms with Crippen molar-refractivity contribution >= 4 is 5.91 Å². The number of pyridine rings is 1. The van der Waals surface area contributed by atoms with Gasteiger partial charge < -0.3 is 20.4 Å². The molecule has 0 saturated heterocycles. The quantitative estimate of drug-likeness (QED) is 0.641. The minimum absolute atomic E-state index is 0.120. The van der Waals surface area contributed by atoms with Gasteiger partial charge in [-0.2, -0.15) is 0 Å². The summed E-state index contributed by atoms with van der Waals surface area (Å²) >= 11 is 0. The normalized spacial score (nSPS) is 13.4. The first-order valence-corrected chi connectivity index (χ1v) is 8.72. The summed E-state index contributed by atoms with van der Waals surface area (Å²) in [6.07, 6.45) is 5.96. The van der Waals surface area contributed by atoms with Crippen LogP contribution < -0.4 is 21.3 Å². The Bertz CT molecular complexity index is 594. The lowest BCUT2D eigenvalue weighted by Gasteiger charge is -2.24. The molecule has 1 heterocycles. The standard InChI is InChI=1S/C18H31N3O3/c1-5-7-13-24-15-14(8-12-21(4)17(15)23)16(22)20-11-10-18(3,19)9-6-2/h8,12H,5-7,9-11,13,19H2,1-4H3,(H,20,22). The summed E-state index contributed by atoms with van der Waals surface area (Å²) in [6, 6.07) is 1.62. The molecule has 136 valence electrons. The topological polar surface area (TPSA) is 86.3 Å². The highest BCUT2D eigenvalue weighted by Crippen LogP contribution is 2.15. The largest absolute Gasteiger partial charge is 0.487 e. The van der Waals surface area contributed by atoms with Crippen molar-refractivity contribution in [2.24, 2.45) is 12.8 Å². The summed E-state index contributed by atoms with van der Waals surface area (Å²) in [4.78, 5) is 24.7. The molecule has 1 amide bonds. The molecule has 0 spiro atoms. The number of carbonyl (C=O) groups excluding carboxylic acids is 1. The molecular weight excluding hydrogens is 306 g/mol. The second-order valence-electron chi connectivity index (χ2n) is 6.59. The Morgan fingerprint density at radius 2 is 2.04 bits per heavy atom. The van der Waals surface area contributed by atoms with Gasteiger partial charge in [-0.05, 0) is 32.3 Å². The fourth-order valence-corrected chi connectivity index (χ4v) is 2.49. The second-order valence-corrected chi connectivity index (χ2v) is 6.59. The Kier molecular flexibility index (Phi) is 7.98. The zero-order valence-electron chi connectivity index (χ0n) is 15.4. The van der Waals surface area contributed by atoms with Gasteiger partial charge in [0.1, 0.15) is 0 Å². The van der Waals surface area contributed by atoms with E-state index >= 15 is 0 Å². The third kappa shape index (κ3) is 6.00. The lowest BCUT2D eigenvalue weighted by atomic mass is 9.93. The number of carbonyl (C=O) groups is 1. The van der Waals surface area contributed by atoms with Crippen LogP contribution in [0.2, 0.25) is 0 Å². The average Bonchev–Trinajstić information content (AvgIpc) is 2.51. The molecule has 0 aliphatic rings. The summed E-state index contributed by atoms with van der Waals surface area (Å²) < 4.78 is 6.99. The fourth-order valence-electron chi connectivity index (χ4n) is 2.49. The summed E-state index contributed by atoms with van der Waals surface area (Å²) in [5.41, 5.74) is 5.86. The van der Waals surface area contributed by atoms with E-state index in [0.717, 1.165) is 25.7 Å². The van der Waals surface area contributed by atoms with E-state index in [1.807, 2.05) is 13.8 Å². The minimum Gasteiger partial charge on any atom is -0.487 e. The van der Waals surface area contributed by atoms with Gasteiger partial charge >= 0.3 is 0 Å². The molecule has 0 fully saturated rings. The predicted molar refractivity (Wildman–Crippen MR) is 96.5 cm³/mol. The van der Waals surface area contributed by atoms with Gasteiger partial charge in [-0.1, -0.05) is 26.7 Å². The smallest absolute Gasteiger partial charge is 0.293 e. The Hall–Kier alpha value is -1.82. The third-order valence-corrected chi connectivity index (χ3v) is 4.02. The maximum absolute atomic E-state index is 12.4. The molecule has 0 aromatic carbocycles. The van der Waals surface area contributed by atoms with Crippen LogP contribution in [0, 0.1) is 0 Å². The van der Waals surface area contributed by atoms with Gasteiger partial charge in [0.2, 0.25) is 0 Å². The SMILES string of the molecule is CCCCOc1c(C(=O)NCCC(C)(N)CCC)ccn(C)c1=O. The van der Waals surface area contributed by atoms with Crippen LogP contribution in [0.1, 0.15) is 63.2 Å². The molecule has 6 nitrogen and oxygen atoms in total. The molecule has 3 N–H and O–H groups in total. The van der Waals surface area contributed by atoms with E-state index in [4.69, 9.17) is 10.5 Å². The summed E-state index contributed by atoms with van der Waals surface area (Å²) in [7, 11) is 1.64. The van der Waals surface area contributed by atoms with Gasteiger partial charge in [-0.15, -0.1) is 0 Å². The van der Waals surface area contributed by atoms with Crippen molar-refractivity contribution in [2.45, 2.75) is 58.4 Å². The Morgan fingerprint density at radius 1 is 1.33 bits per heavy atom. The molecule has 0 aliphatic carbocycles. The van der Waals surface area contributed by atoms with Crippen LogP contribution in [0.5, 0.6) is 5.75 Å². The monoisotopic (exact) mass is 337 g/mol. The molecule has 1 aromatic rings. The van der Waals surface area contributed by atoms with Crippen molar-refractivity contribution in [2.75, 3.05) is 13.2 Å². The molecular formula is C18H31N3O3. The first kappa shape index (κ1) is 20.2. The van der Waals surface area contributed by atoms with E-state index in [2.05, 4.69) is 12.2 Å².